The Labute approximate surface area is 309 Å². The Bertz CT molecular complexity index is 1640. The number of anilines is 2. The van der Waals surface area contributed by atoms with Crippen LogP contribution in [0.4, 0.5) is 10.3 Å². The maximum absolute atomic E-state index is 12.4. The lowest BCUT2D eigenvalue weighted by atomic mass is 9.82. The quantitative estimate of drug-likeness (QED) is 0.118. The van der Waals surface area contributed by atoms with Crippen LogP contribution in [-0.4, -0.2) is 39.8 Å². The first kappa shape index (κ1) is 41.6. The number of thiazole rings is 2. The highest BCUT2D eigenvalue weighted by atomic mass is 35.5. The van der Waals surface area contributed by atoms with E-state index in [-0.39, 0.29) is 52.3 Å². The van der Waals surface area contributed by atoms with E-state index in [2.05, 4.69) is 20.6 Å². The third-order valence-corrected chi connectivity index (χ3v) is 8.98. The Morgan fingerprint density at radius 3 is 1.45 bits per heavy atom. The number of nitrogens with one attached hydrogen (secondary N) is 2. The molecule has 0 spiro atoms. The van der Waals surface area contributed by atoms with E-state index in [1.54, 1.807) is 42.5 Å². The molecule has 4 aromatic rings. The van der Waals surface area contributed by atoms with Gasteiger partial charge in [0.05, 0.1) is 29.4 Å². The van der Waals surface area contributed by atoms with Gasteiger partial charge in [0.2, 0.25) is 0 Å². The van der Waals surface area contributed by atoms with Gasteiger partial charge >= 0.3 is 11.9 Å². The fourth-order valence-corrected chi connectivity index (χ4v) is 5.13. The first-order valence-corrected chi connectivity index (χ1v) is 17.0. The number of ether oxygens (including phenoxy) is 2. The van der Waals surface area contributed by atoms with E-state index < -0.39 is 29.2 Å². The van der Waals surface area contributed by atoms with Crippen molar-refractivity contribution in [1.29, 1.82) is 0 Å². The molecular weight excluding hydrogens is 733 g/mol. The Kier molecular flexibility index (Phi) is 15.2. The van der Waals surface area contributed by atoms with Crippen molar-refractivity contribution in [2.45, 2.75) is 54.5 Å². The SMILES string of the molecule is CC(C)(C)[C@H](N)C(=O)Oc1ccccc1C(=O)Nc1ncc(Cl)s1.C[C@H](C(=O)Oc1ccccc1C(=O)Nc1ncc(Cl)s1)C(C)(C)C.Cl. The third-order valence-electron chi connectivity index (χ3n) is 6.92. The van der Waals surface area contributed by atoms with Crippen LogP contribution in [0.5, 0.6) is 11.5 Å². The van der Waals surface area contributed by atoms with E-state index in [1.165, 1.54) is 18.5 Å². The minimum absolute atomic E-state index is 0. The highest BCUT2D eigenvalue weighted by molar-refractivity contribution is 7.19. The number of nitrogens with zero attached hydrogens (tertiary/aromatic N) is 2. The van der Waals surface area contributed by atoms with Crippen molar-refractivity contribution in [3.63, 3.8) is 0 Å². The van der Waals surface area contributed by atoms with E-state index in [4.69, 9.17) is 38.4 Å². The lowest BCUT2D eigenvalue weighted by Gasteiger charge is -2.25. The van der Waals surface area contributed by atoms with Crippen molar-refractivity contribution in [2.75, 3.05) is 10.6 Å². The van der Waals surface area contributed by atoms with Crippen LogP contribution in [0, 0.1) is 16.7 Å². The Morgan fingerprint density at radius 2 is 1.10 bits per heavy atom. The van der Waals surface area contributed by atoms with Crippen molar-refractivity contribution in [1.82, 2.24) is 9.97 Å². The first-order valence-electron chi connectivity index (χ1n) is 14.6. The molecule has 0 aliphatic carbocycles. The minimum Gasteiger partial charge on any atom is -0.425 e. The topological polar surface area (TPSA) is 163 Å². The molecule has 264 valence electrons. The molecule has 0 aliphatic heterocycles. The number of benzene rings is 2. The Hall–Kier alpha value is -3.59. The average Bonchev–Trinajstić information content (AvgIpc) is 3.62. The molecule has 0 unspecified atom stereocenters. The van der Waals surface area contributed by atoms with E-state index >= 15 is 0 Å². The van der Waals surface area contributed by atoms with Crippen molar-refractivity contribution in [2.24, 2.45) is 22.5 Å². The number of amides is 2. The van der Waals surface area contributed by atoms with Gasteiger partial charge in [-0.25, -0.2) is 14.8 Å². The number of nitrogens with two attached hydrogens (primary N) is 1. The molecule has 4 N–H and O–H groups in total. The number of para-hydroxylation sites is 2. The number of esters is 2. The Morgan fingerprint density at radius 1 is 0.714 bits per heavy atom. The predicted molar refractivity (Wildman–Crippen MR) is 198 cm³/mol. The highest BCUT2D eigenvalue weighted by Crippen LogP contribution is 2.30. The van der Waals surface area contributed by atoms with Crippen molar-refractivity contribution in [3.05, 3.63) is 80.7 Å². The summed E-state index contributed by atoms with van der Waals surface area (Å²) in [7, 11) is 0. The fourth-order valence-electron chi connectivity index (χ4n) is 3.52. The first-order chi connectivity index (χ1) is 22.4. The van der Waals surface area contributed by atoms with Gasteiger partial charge in [0.25, 0.3) is 11.8 Å². The fraction of sp³-hybridized carbons (Fsp3) is 0.333. The van der Waals surface area contributed by atoms with E-state index in [0.29, 0.717) is 18.9 Å². The van der Waals surface area contributed by atoms with Gasteiger partial charge in [-0.1, -0.05) is 119 Å². The highest BCUT2D eigenvalue weighted by Gasteiger charge is 2.31. The normalized spacial score (nSPS) is 12.3. The summed E-state index contributed by atoms with van der Waals surface area (Å²) in [4.78, 5) is 57.2. The second kappa shape index (κ2) is 17.9. The second-order valence-corrected chi connectivity index (χ2v) is 15.9. The third kappa shape index (κ3) is 12.4. The van der Waals surface area contributed by atoms with Crippen LogP contribution in [0.3, 0.4) is 0 Å². The summed E-state index contributed by atoms with van der Waals surface area (Å²) >= 11 is 13.9. The lowest BCUT2D eigenvalue weighted by Crippen LogP contribution is -2.44. The summed E-state index contributed by atoms with van der Waals surface area (Å²) < 4.78 is 11.7. The van der Waals surface area contributed by atoms with Gasteiger partial charge in [-0.15, -0.1) is 12.4 Å². The molecule has 2 amide bonds. The van der Waals surface area contributed by atoms with Crippen LogP contribution in [0.2, 0.25) is 8.67 Å². The molecule has 11 nitrogen and oxygen atoms in total. The number of hydrogen-bond donors (Lipinski definition) is 3. The zero-order valence-corrected chi connectivity index (χ0v) is 31.8. The monoisotopic (exact) mass is 769 g/mol. The van der Waals surface area contributed by atoms with Crippen LogP contribution in [0.25, 0.3) is 0 Å². The van der Waals surface area contributed by atoms with Crippen LogP contribution in [-0.2, 0) is 9.59 Å². The maximum Gasteiger partial charge on any atom is 0.328 e. The molecule has 0 radical (unpaired) electrons. The van der Waals surface area contributed by atoms with Gasteiger partial charge in [0.1, 0.15) is 26.2 Å². The summed E-state index contributed by atoms with van der Waals surface area (Å²) in [5.74, 6) is -1.78. The molecule has 4 rings (SSSR count). The molecule has 49 heavy (non-hydrogen) atoms. The van der Waals surface area contributed by atoms with Crippen LogP contribution < -0.4 is 25.8 Å². The summed E-state index contributed by atoms with van der Waals surface area (Å²) in [5.41, 5.74) is 5.68. The summed E-state index contributed by atoms with van der Waals surface area (Å²) in [6.45, 7) is 13.2. The zero-order valence-electron chi connectivity index (χ0n) is 27.8. The van der Waals surface area contributed by atoms with Gasteiger partial charge in [0, 0.05) is 0 Å². The molecule has 16 heteroatoms. The predicted octanol–water partition coefficient (Wildman–Crippen LogP) is 8.39. The molecule has 0 saturated carbocycles. The van der Waals surface area contributed by atoms with Gasteiger partial charge in [-0.3, -0.25) is 25.0 Å². The van der Waals surface area contributed by atoms with Gasteiger partial charge < -0.3 is 15.2 Å². The lowest BCUT2D eigenvalue weighted by molar-refractivity contribution is -0.142. The van der Waals surface area contributed by atoms with E-state index in [9.17, 15) is 19.2 Å². The molecule has 2 aromatic heterocycles. The summed E-state index contributed by atoms with van der Waals surface area (Å²) in [5, 5.41) is 6.00. The average molecular weight is 771 g/mol. The molecular formula is C33H38Cl3N5O6S2. The number of carbonyl (C=O) groups is 4. The molecule has 2 atom stereocenters. The van der Waals surface area contributed by atoms with Crippen LogP contribution >= 0.6 is 58.3 Å². The second-order valence-electron chi connectivity index (χ2n) is 12.6. The Balaban J connectivity index is 0.000000333. The standard InChI is InChI=1S/C17H19ClN2O3S.C16H18ClN3O3S.ClH/c1-10(17(2,3)4)15(22)23-12-8-6-5-7-11(12)14(21)20-16-19-9-13(18)24-16;1-16(2,3)12(18)14(22)23-10-7-5-4-6-9(10)13(21)20-15-19-8-11(17)24-15;/h5-10H,1-4H3,(H,19,20,21);4-8,12H,18H2,1-3H3,(H,19,20,21);1H/t10-;12-;/m11./s1. The van der Waals surface area contributed by atoms with Gasteiger partial charge in [-0.2, -0.15) is 0 Å². The number of hydrogen-bond acceptors (Lipinski definition) is 11. The molecule has 2 heterocycles. The largest absolute Gasteiger partial charge is 0.425 e. The number of halogens is 3. The molecule has 0 fully saturated rings. The van der Waals surface area contributed by atoms with Crippen molar-refractivity contribution < 1.29 is 28.7 Å². The molecule has 2 aromatic carbocycles. The van der Waals surface area contributed by atoms with Crippen molar-refractivity contribution in [3.8, 4) is 11.5 Å². The smallest absolute Gasteiger partial charge is 0.328 e. The molecule has 0 aliphatic rings. The summed E-state index contributed by atoms with van der Waals surface area (Å²) in [6, 6.07) is 12.2. The van der Waals surface area contributed by atoms with Gasteiger partial charge in [0.15, 0.2) is 10.3 Å². The number of carbonyl (C=O) groups excluding carboxylic acids is 4. The summed E-state index contributed by atoms with van der Waals surface area (Å²) in [6.07, 6.45) is 2.90. The minimum atomic E-state index is -0.814. The number of rotatable bonds is 8. The van der Waals surface area contributed by atoms with Crippen LogP contribution in [0.1, 0.15) is 69.2 Å². The number of aromatic nitrogens is 2. The molecule has 0 saturated heterocycles. The van der Waals surface area contributed by atoms with E-state index in [1.807, 2.05) is 48.5 Å². The zero-order chi connectivity index (χ0) is 35.8. The van der Waals surface area contributed by atoms with Crippen LogP contribution in [0.15, 0.2) is 60.9 Å². The maximum atomic E-state index is 12.4. The van der Waals surface area contributed by atoms with Crippen molar-refractivity contribution >= 4 is 92.3 Å². The van der Waals surface area contributed by atoms with Gasteiger partial charge in [-0.05, 0) is 35.1 Å². The van der Waals surface area contributed by atoms with E-state index in [0.717, 1.165) is 22.7 Å². The molecule has 0 bridgehead atoms.